The number of hydrogen-bond donors (Lipinski definition) is 1. The van der Waals surface area contributed by atoms with Crippen molar-refractivity contribution >= 4 is 43.4 Å². The number of nitrogens with zero attached hydrogens (tertiary/aromatic N) is 2. The number of aromatic nitrogens is 1. The Kier molecular flexibility index (Phi) is 4.91. The zero-order chi connectivity index (χ0) is 19.7. The van der Waals surface area contributed by atoms with Gasteiger partial charge in [0.15, 0.2) is 0 Å². The highest BCUT2D eigenvalue weighted by atomic mass is 79.9. The maximum Gasteiger partial charge on any atom is 0.264 e. The van der Waals surface area contributed by atoms with E-state index in [-0.39, 0.29) is 10.5 Å². The molecule has 2 heterocycles. The summed E-state index contributed by atoms with van der Waals surface area (Å²) in [4.78, 5) is 16.7. The number of rotatable bonds is 4. The van der Waals surface area contributed by atoms with Crippen LogP contribution in [0.3, 0.4) is 0 Å². The first-order chi connectivity index (χ1) is 13.4. The first kappa shape index (κ1) is 18.6. The van der Waals surface area contributed by atoms with Gasteiger partial charge in [-0.3, -0.25) is 9.10 Å². The summed E-state index contributed by atoms with van der Waals surface area (Å²) in [6.07, 6.45) is 2.24. The number of carbonyl (C=O) groups is 1. The Morgan fingerprint density at radius 2 is 1.89 bits per heavy atom. The standard InChI is InChI=1S/C20H16BrN3O3S/c21-16-8-9-19(22-13-16)23-20(25)15-5-3-6-17(12-15)28(26,27)24-11-10-14-4-1-2-7-18(14)24/h1-9,12-13H,10-11H2,(H,22,23,25). The Morgan fingerprint density at radius 3 is 2.68 bits per heavy atom. The van der Waals surface area contributed by atoms with E-state index in [4.69, 9.17) is 0 Å². The van der Waals surface area contributed by atoms with Gasteiger partial charge in [-0.15, -0.1) is 0 Å². The van der Waals surface area contributed by atoms with Crippen LogP contribution in [0.4, 0.5) is 11.5 Å². The summed E-state index contributed by atoms with van der Waals surface area (Å²) in [7, 11) is -3.76. The van der Waals surface area contributed by atoms with E-state index in [1.165, 1.54) is 16.4 Å². The number of nitrogens with one attached hydrogen (secondary N) is 1. The lowest BCUT2D eigenvalue weighted by Crippen LogP contribution is -2.29. The number of amides is 1. The van der Waals surface area contributed by atoms with Gasteiger partial charge < -0.3 is 5.32 Å². The average molecular weight is 458 g/mol. The molecule has 3 aromatic rings. The topological polar surface area (TPSA) is 79.4 Å². The van der Waals surface area contributed by atoms with E-state index in [0.29, 0.717) is 24.5 Å². The van der Waals surface area contributed by atoms with E-state index in [1.807, 2.05) is 18.2 Å². The van der Waals surface area contributed by atoms with Crippen LogP contribution in [-0.4, -0.2) is 25.9 Å². The van der Waals surface area contributed by atoms with Crippen molar-refractivity contribution in [1.82, 2.24) is 4.98 Å². The van der Waals surface area contributed by atoms with Crippen molar-refractivity contribution in [2.75, 3.05) is 16.2 Å². The minimum absolute atomic E-state index is 0.0839. The van der Waals surface area contributed by atoms with Gasteiger partial charge in [-0.1, -0.05) is 24.3 Å². The number of sulfonamides is 1. The molecule has 0 unspecified atom stereocenters. The van der Waals surface area contributed by atoms with Gasteiger partial charge >= 0.3 is 0 Å². The molecule has 1 N–H and O–H groups in total. The Labute approximate surface area is 171 Å². The third-order valence-electron chi connectivity index (χ3n) is 4.50. The molecule has 0 fully saturated rings. The molecule has 1 aliphatic heterocycles. The van der Waals surface area contributed by atoms with E-state index in [1.54, 1.807) is 36.5 Å². The van der Waals surface area contributed by atoms with Gasteiger partial charge in [-0.05, 0) is 64.3 Å². The van der Waals surface area contributed by atoms with E-state index in [2.05, 4.69) is 26.2 Å². The first-order valence-electron chi connectivity index (χ1n) is 8.59. The van der Waals surface area contributed by atoms with Crippen LogP contribution >= 0.6 is 15.9 Å². The molecule has 8 heteroatoms. The number of para-hydroxylation sites is 1. The smallest absolute Gasteiger partial charge is 0.264 e. The van der Waals surface area contributed by atoms with Crippen LogP contribution in [0.15, 0.2) is 76.2 Å². The third-order valence-corrected chi connectivity index (χ3v) is 6.78. The van der Waals surface area contributed by atoms with E-state index < -0.39 is 15.9 Å². The molecule has 1 aromatic heterocycles. The van der Waals surface area contributed by atoms with Gasteiger partial charge in [0.1, 0.15) is 5.82 Å². The zero-order valence-electron chi connectivity index (χ0n) is 14.7. The zero-order valence-corrected chi connectivity index (χ0v) is 17.1. The van der Waals surface area contributed by atoms with Gasteiger partial charge in [-0.25, -0.2) is 13.4 Å². The minimum atomic E-state index is -3.76. The lowest BCUT2D eigenvalue weighted by molar-refractivity contribution is 0.102. The van der Waals surface area contributed by atoms with Gasteiger partial charge in [0.05, 0.1) is 10.6 Å². The second-order valence-electron chi connectivity index (χ2n) is 6.30. The van der Waals surface area contributed by atoms with E-state index >= 15 is 0 Å². The molecular weight excluding hydrogens is 442 g/mol. The molecule has 1 amide bonds. The summed E-state index contributed by atoms with van der Waals surface area (Å²) in [6.45, 7) is 0.390. The molecule has 1 aliphatic rings. The average Bonchev–Trinajstić information content (AvgIpc) is 3.15. The van der Waals surface area contributed by atoms with Crippen molar-refractivity contribution in [1.29, 1.82) is 0 Å². The second kappa shape index (κ2) is 7.37. The number of hydrogen-bond acceptors (Lipinski definition) is 4. The van der Waals surface area contributed by atoms with Crippen LogP contribution < -0.4 is 9.62 Å². The van der Waals surface area contributed by atoms with Crippen LogP contribution in [0.1, 0.15) is 15.9 Å². The van der Waals surface area contributed by atoms with Gasteiger partial charge in [0.25, 0.3) is 15.9 Å². The molecule has 6 nitrogen and oxygen atoms in total. The van der Waals surface area contributed by atoms with E-state index in [0.717, 1.165) is 10.0 Å². The molecule has 0 radical (unpaired) electrons. The Hall–Kier alpha value is -2.71. The second-order valence-corrected chi connectivity index (χ2v) is 9.08. The lowest BCUT2D eigenvalue weighted by atomic mass is 10.2. The van der Waals surface area contributed by atoms with Crippen molar-refractivity contribution < 1.29 is 13.2 Å². The molecule has 0 atom stereocenters. The Balaban J connectivity index is 1.61. The molecule has 0 bridgehead atoms. The van der Waals surface area contributed by atoms with Crippen LogP contribution in [0.5, 0.6) is 0 Å². The highest BCUT2D eigenvalue weighted by Gasteiger charge is 2.30. The van der Waals surface area contributed by atoms with Crippen molar-refractivity contribution in [3.63, 3.8) is 0 Å². The normalized spacial score (nSPS) is 13.2. The summed E-state index contributed by atoms with van der Waals surface area (Å²) < 4.78 is 28.5. The van der Waals surface area contributed by atoms with Crippen LogP contribution in [0, 0.1) is 0 Å². The number of anilines is 2. The van der Waals surface area contributed by atoms with Crippen molar-refractivity contribution in [2.45, 2.75) is 11.3 Å². The number of fused-ring (bicyclic) bond motifs is 1. The molecule has 0 spiro atoms. The Morgan fingerprint density at radius 1 is 1.07 bits per heavy atom. The lowest BCUT2D eigenvalue weighted by Gasteiger charge is -2.20. The maximum absolute atomic E-state index is 13.1. The highest BCUT2D eigenvalue weighted by Crippen LogP contribution is 2.32. The molecule has 0 aliphatic carbocycles. The third kappa shape index (κ3) is 3.53. The fourth-order valence-corrected chi connectivity index (χ4v) is 4.91. The predicted octanol–water partition coefficient (Wildman–Crippen LogP) is 3.85. The van der Waals surface area contributed by atoms with Crippen molar-refractivity contribution in [3.05, 3.63) is 82.5 Å². The summed E-state index contributed by atoms with van der Waals surface area (Å²) in [6, 6.07) is 16.9. The summed E-state index contributed by atoms with van der Waals surface area (Å²) in [5.41, 5.74) is 1.94. The fraction of sp³-hybridized carbons (Fsp3) is 0.100. The van der Waals surface area contributed by atoms with Crippen LogP contribution in [-0.2, 0) is 16.4 Å². The quantitative estimate of drug-likeness (QED) is 0.644. The van der Waals surface area contributed by atoms with E-state index in [9.17, 15) is 13.2 Å². The minimum Gasteiger partial charge on any atom is -0.307 e. The maximum atomic E-state index is 13.1. The van der Waals surface area contributed by atoms with Gasteiger partial charge in [0.2, 0.25) is 0 Å². The van der Waals surface area contributed by atoms with Gasteiger partial charge in [0, 0.05) is 22.8 Å². The SMILES string of the molecule is O=C(Nc1ccc(Br)cn1)c1cccc(S(=O)(=O)N2CCc3ccccc32)c1. The van der Waals surface area contributed by atoms with Crippen molar-refractivity contribution in [3.8, 4) is 0 Å². The number of benzene rings is 2. The fourth-order valence-electron chi connectivity index (χ4n) is 3.12. The van der Waals surface area contributed by atoms with Crippen molar-refractivity contribution in [2.24, 2.45) is 0 Å². The molecule has 142 valence electrons. The predicted molar refractivity (Wildman–Crippen MR) is 111 cm³/mol. The molecule has 0 saturated carbocycles. The number of halogens is 1. The molecular formula is C20H16BrN3O3S. The summed E-state index contributed by atoms with van der Waals surface area (Å²) >= 11 is 3.29. The summed E-state index contributed by atoms with van der Waals surface area (Å²) in [5, 5.41) is 2.67. The molecule has 2 aromatic carbocycles. The largest absolute Gasteiger partial charge is 0.307 e. The first-order valence-corrected chi connectivity index (χ1v) is 10.8. The highest BCUT2D eigenvalue weighted by molar-refractivity contribution is 9.10. The number of pyridine rings is 1. The molecule has 28 heavy (non-hydrogen) atoms. The monoisotopic (exact) mass is 457 g/mol. The molecule has 0 saturated heterocycles. The summed E-state index contributed by atoms with van der Waals surface area (Å²) in [5.74, 6) is -0.0383. The van der Waals surface area contributed by atoms with Crippen LogP contribution in [0.25, 0.3) is 0 Å². The Bertz CT molecular complexity index is 1150. The van der Waals surface area contributed by atoms with Crippen LogP contribution in [0.2, 0.25) is 0 Å². The number of carbonyl (C=O) groups excluding carboxylic acids is 1. The van der Waals surface area contributed by atoms with Gasteiger partial charge in [-0.2, -0.15) is 0 Å². The molecule has 4 rings (SSSR count).